The minimum atomic E-state index is 0. The van der Waals surface area contributed by atoms with E-state index < -0.39 is 0 Å². The first-order valence-electron chi connectivity index (χ1n) is 16.6. The molecule has 0 bridgehead atoms. The fourth-order valence-electron chi connectivity index (χ4n) is 6.47. The van der Waals surface area contributed by atoms with E-state index in [1.165, 1.54) is 34.3 Å². The zero-order valence-corrected chi connectivity index (χ0v) is 31.7. The molecule has 0 unspecified atom stereocenters. The van der Waals surface area contributed by atoms with Gasteiger partial charge in [-0.15, -0.1) is 47.5 Å². The zero-order chi connectivity index (χ0) is 34.2. The first-order valence-corrected chi connectivity index (χ1v) is 16.6. The normalized spacial score (nSPS) is 11.3. The smallest absolute Gasteiger partial charge is 0.169 e. The molecule has 0 fully saturated rings. The van der Waals surface area contributed by atoms with Crippen LogP contribution in [0.5, 0.6) is 0 Å². The van der Waals surface area contributed by atoms with Crippen LogP contribution >= 0.6 is 0 Å². The van der Waals surface area contributed by atoms with Crippen LogP contribution < -0.4 is 0 Å². The summed E-state index contributed by atoms with van der Waals surface area (Å²) in [5.41, 5.74) is 12.9. The maximum atomic E-state index is 5.27. The van der Waals surface area contributed by atoms with Crippen LogP contribution in [0.3, 0.4) is 0 Å². The summed E-state index contributed by atoms with van der Waals surface area (Å²) in [4.78, 5) is 17.9. The number of aromatic nitrogens is 7. The monoisotopic (exact) mass is 838 g/mol. The topological polar surface area (TPSA) is 79.5 Å². The van der Waals surface area contributed by atoms with E-state index in [0.29, 0.717) is 11.8 Å². The Bertz CT molecular complexity index is 2360. The number of rotatable bonds is 6. The molecular weight excluding hydrogens is 799 g/mol. The molecule has 0 saturated heterocycles. The molecule has 4 aromatic heterocycles. The number of aryl methyl sites for hydroxylation is 3. The molecule has 0 aliphatic heterocycles. The van der Waals surface area contributed by atoms with E-state index >= 15 is 0 Å². The van der Waals surface area contributed by atoms with E-state index in [1.807, 2.05) is 48.7 Å². The van der Waals surface area contributed by atoms with Crippen LogP contribution in [0, 0.1) is 26.0 Å². The van der Waals surface area contributed by atoms with Crippen molar-refractivity contribution in [2.24, 2.45) is 7.05 Å². The van der Waals surface area contributed by atoms with Crippen molar-refractivity contribution in [2.75, 3.05) is 0 Å². The summed E-state index contributed by atoms with van der Waals surface area (Å²) < 4.78 is 11.6. The minimum absolute atomic E-state index is 0. The number of hydrogen-bond acceptors (Lipinski definition) is 5. The summed E-state index contributed by atoms with van der Waals surface area (Å²) in [7, 11) is 2.00. The van der Waals surface area contributed by atoms with Crippen LogP contribution in [0.15, 0.2) is 103 Å². The van der Waals surface area contributed by atoms with Gasteiger partial charge in [0.05, 0.1) is 23.6 Å². The van der Waals surface area contributed by atoms with Gasteiger partial charge in [0.25, 0.3) is 0 Å². The third-order valence-corrected chi connectivity index (χ3v) is 8.95. The Labute approximate surface area is 306 Å². The van der Waals surface area contributed by atoms with Crippen LogP contribution in [-0.4, -0.2) is 33.6 Å². The summed E-state index contributed by atoms with van der Waals surface area (Å²) in [5.74, 6) is 2.60. The van der Waals surface area contributed by atoms with Crippen molar-refractivity contribution >= 4 is 22.1 Å². The molecule has 0 aliphatic rings. The molecule has 4 heterocycles. The first kappa shape index (κ1) is 34.7. The summed E-state index contributed by atoms with van der Waals surface area (Å²) in [5, 5.41) is 0. The molecule has 8 rings (SSSR count). The van der Waals surface area contributed by atoms with Gasteiger partial charge in [0, 0.05) is 74.3 Å². The predicted molar refractivity (Wildman–Crippen MR) is 195 cm³/mol. The van der Waals surface area contributed by atoms with E-state index in [-0.39, 0.29) is 20.1 Å². The van der Waals surface area contributed by atoms with E-state index in [9.17, 15) is 0 Å². The maximum absolute atomic E-state index is 5.27. The van der Waals surface area contributed by atoms with Crippen molar-refractivity contribution < 1.29 is 24.5 Å². The summed E-state index contributed by atoms with van der Waals surface area (Å²) in [6.07, 6.45) is 11.0. The Hall–Kier alpha value is -5.11. The first-order chi connectivity index (χ1) is 23.7. The van der Waals surface area contributed by atoms with Crippen molar-refractivity contribution in [3.05, 3.63) is 133 Å². The Kier molecular flexibility index (Phi) is 10.0. The van der Waals surface area contributed by atoms with Crippen molar-refractivity contribution in [2.45, 2.75) is 53.4 Å². The third kappa shape index (κ3) is 6.47. The SMILES string of the molecule is CC(C)c1cccc(C(C)C)c1-n1ccnc1-c1[c-]cc2c(c1)ncn2C.Cc1cccc(C)c1-n1ccnc1-c1[c-]cc2ocnc2c1.[Ir]. The number of fused-ring (bicyclic) bond motifs is 2. The van der Waals surface area contributed by atoms with Crippen LogP contribution in [0.4, 0.5) is 0 Å². The second-order valence-electron chi connectivity index (χ2n) is 13.0. The molecule has 8 nitrogen and oxygen atoms in total. The average molecular weight is 838 g/mol. The fraction of sp³-hybridized carbons (Fsp3) is 0.220. The predicted octanol–water partition coefficient (Wildman–Crippen LogP) is 9.57. The van der Waals surface area contributed by atoms with Gasteiger partial charge in [-0.25, -0.2) is 4.98 Å². The molecule has 0 atom stereocenters. The molecule has 50 heavy (non-hydrogen) atoms. The van der Waals surface area contributed by atoms with Gasteiger partial charge in [-0.05, 0) is 53.5 Å². The molecule has 9 heteroatoms. The average Bonchev–Trinajstić information content (AvgIpc) is 3.92. The number of nitrogens with zero attached hydrogens (tertiary/aromatic N) is 7. The number of para-hydroxylation sites is 2. The van der Waals surface area contributed by atoms with Crippen molar-refractivity contribution in [3.63, 3.8) is 0 Å². The van der Waals surface area contributed by atoms with E-state index in [4.69, 9.17) is 4.42 Å². The number of imidazole rings is 3. The van der Waals surface area contributed by atoms with Crippen molar-refractivity contribution in [1.29, 1.82) is 0 Å². The van der Waals surface area contributed by atoms with E-state index in [1.54, 1.807) is 6.07 Å². The van der Waals surface area contributed by atoms with E-state index in [0.717, 1.165) is 50.6 Å². The van der Waals surface area contributed by atoms with Gasteiger partial charge in [-0.1, -0.05) is 64.1 Å². The van der Waals surface area contributed by atoms with E-state index in [2.05, 4.69) is 131 Å². The number of benzene rings is 4. The zero-order valence-electron chi connectivity index (χ0n) is 29.3. The minimum Gasteiger partial charge on any atom is -0.490 e. The molecule has 4 aromatic carbocycles. The molecule has 0 spiro atoms. The van der Waals surface area contributed by atoms with Gasteiger partial charge < -0.3 is 18.1 Å². The van der Waals surface area contributed by atoms with Crippen LogP contribution in [0.2, 0.25) is 0 Å². The van der Waals surface area contributed by atoms with Gasteiger partial charge in [0.15, 0.2) is 6.39 Å². The van der Waals surface area contributed by atoms with Crippen molar-refractivity contribution in [1.82, 2.24) is 33.6 Å². The van der Waals surface area contributed by atoms with Gasteiger partial charge >= 0.3 is 0 Å². The van der Waals surface area contributed by atoms with Gasteiger partial charge in [-0.2, -0.15) is 0 Å². The summed E-state index contributed by atoms with van der Waals surface area (Å²) in [6.45, 7) is 13.2. The summed E-state index contributed by atoms with van der Waals surface area (Å²) in [6, 6.07) is 27.4. The largest absolute Gasteiger partial charge is 0.490 e. The van der Waals surface area contributed by atoms with Crippen LogP contribution in [-0.2, 0) is 27.2 Å². The molecule has 0 aliphatic carbocycles. The Morgan fingerprint density at radius 2 is 1.24 bits per heavy atom. The molecule has 0 N–H and O–H groups in total. The number of hydrogen-bond donors (Lipinski definition) is 0. The second-order valence-corrected chi connectivity index (χ2v) is 13.0. The standard InChI is InChI=1S/C23H25N4.C18H14N3O.Ir/c1-15(2)18-7-6-8-19(16(3)4)22(18)27-12-11-24-23(27)17-9-10-21-20(13-17)25-14-26(21)5;1-12-4-3-5-13(2)17(12)21-9-8-19-18(21)14-6-7-16-15(10-14)20-11-22-16;/h6-8,10-16H,1-5H3;3-5,7-11H,1-2H3;/q2*-1;. The molecule has 8 aromatic rings. The third-order valence-electron chi connectivity index (χ3n) is 8.95. The molecule has 255 valence electrons. The molecule has 1 radical (unpaired) electrons. The summed E-state index contributed by atoms with van der Waals surface area (Å²) >= 11 is 0. The van der Waals surface area contributed by atoms with Gasteiger partial charge in [-0.3, -0.25) is 15.0 Å². The quantitative estimate of drug-likeness (QED) is 0.156. The van der Waals surface area contributed by atoms with Crippen molar-refractivity contribution in [3.8, 4) is 34.2 Å². The Balaban J connectivity index is 0.000000173. The molecule has 0 saturated carbocycles. The van der Waals surface area contributed by atoms with Gasteiger partial charge in [0.2, 0.25) is 0 Å². The van der Waals surface area contributed by atoms with Gasteiger partial charge in [0.1, 0.15) is 0 Å². The van der Waals surface area contributed by atoms with Crippen LogP contribution in [0.25, 0.3) is 56.3 Å². The van der Waals surface area contributed by atoms with Crippen LogP contribution in [0.1, 0.15) is 61.8 Å². The molecule has 0 amide bonds. The maximum Gasteiger partial charge on any atom is 0.169 e. The number of oxazole rings is 1. The second kappa shape index (κ2) is 14.4. The molecular formula is C41H39IrN7O-2. The Morgan fingerprint density at radius 3 is 1.86 bits per heavy atom. The fourth-order valence-corrected chi connectivity index (χ4v) is 6.47. The Morgan fingerprint density at radius 1 is 0.680 bits per heavy atom.